The van der Waals surface area contributed by atoms with Gasteiger partial charge in [0, 0.05) is 6.04 Å². The van der Waals surface area contributed by atoms with Gasteiger partial charge in [-0.25, -0.2) is 13.1 Å². The first-order valence-electron chi connectivity index (χ1n) is 5.22. The van der Waals surface area contributed by atoms with Gasteiger partial charge in [0.1, 0.15) is 0 Å². The van der Waals surface area contributed by atoms with E-state index in [2.05, 4.69) is 4.72 Å². The Hall–Kier alpha value is -0.130. The van der Waals surface area contributed by atoms with Gasteiger partial charge in [0.05, 0.1) is 5.75 Å². The van der Waals surface area contributed by atoms with Gasteiger partial charge in [-0.2, -0.15) is 0 Å². The lowest BCUT2D eigenvalue weighted by Crippen LogP contribution is -2.34. The zero-order valence-electron chi connectivity index (χ0n) is 9.12. The first kappa shape index (κ1) is 13.9. The zero-order valence-corrected chi connectivity index (χ0v) is 9.94. The summed E-state index contributed by atoms with van der Waals surface area (Å²) in [4.78, 5) is 0. The highest BCUT2D eigenvalue weighted by Gasteiger charge is 2.12. The number of hydrogen-bond acceptors (Lipinski definition) is 3. The van der Waals surface area contributed by atoms with E-state index in [9.17, 15) is 8.42 Å². The van der Waals surface area contributed by atoms with Crippen LogP contribution in [-0.4, -0.2) is 26.8 Å². The maximum Gasteiger partial charge on any atom is 0.211 e. The molecule has 0 aliphatic carbocycles. The van der Waals surface area contributed by atoms with Crippen LogP contribution in [0.3, 0.4) is 0 Å². The minimum absolute atomic E-state index is 0.0443. The summed E-state index contributed by atoms with van der Waals surface area (Å²) < 4.78 is 25.5. The van der Waals surface area contributed by atoms with Crippen molar-refractivity contribution in [3.05, 3.63) is 0 Å². The van der Waals surface area contributed by atoms with Crippen molar-refractivity contribution < 1.29 is 8.42 Å². The van der Waals surface area contributed by atoms with Gasteiger partial charge in [-0.05, 0) is 32.7 Å². The van der Waals surface area contributed by atoms with Crippen molar-refractivity contribution in [3.8, 4) is 0 Å². The molecule has 0 saturated carbocycles. The molecule has 0 saturated heterocycles. The van der Waals surface area contributed by atoms with Crippen LogP contribution in [0.4, 0.5) is 0 Å². The van der Waals surface area contributed by atoms with Crippen molar-refractivity contribution in [2.75, 3.05) is 12.3 Å². The SMILES string of the molecule is CCCC(C)NS(=O)(=O)CCCCN. The molecule has 14 heavy (non-hydrogen) atoms. The molecule has 0 fully saturated rings. The minimum atomic E-state index is -3.08. The molecule has 0 heterocycles. The number of nitrogens with one attached hydrogen (secondary N) is 1. The van der Waals surface area contributed by atoms with Crippen LogP contribution in [0.25, 0.3) is 0 Å². The lowest BCUT2D eigenvalue weighted by molar-refractivity contribution is 0.541. The van der Waals surface area contributed by atoms with Crippen LogP contribution in [0.1, 0.15) is 39.5 Å². The quantitative estimate of drug-likeness (QED) is 0.598. The molecular weight excluding hydrogens is 200 g/mol. The fourth-order valence-electron chi connectivity index (χ4n) is 1.29. The zero-order chi connectivity index (χ0) is 11.0. The van der Waals surface area contributed by atoms with E-state index in [-0.39, 0.29) is 11.8 Å². The summed E-state index contributed by atoms with van der Waals surface area (Å²) in [5.74, 6) is 0.193. The molecule has 0 spiro atoms. The number of rotatable bonds is 8. The van der Waals surface area contributed by atoms with Gasteiger partial charge >= 0.3 is 0 Å². The standard InChI is InChI=1S/C9H22N2O2S/c1-3-6-9(2)11-14(12,13)8-5-4-7-10/h9,11H,3-8,10H2,1-2H3. The third-order valence-corrected chi connectivity index (χ3v) is 3.56. The lowest BCUT2D eigenvalue weighted by atomic mass is 10.2. The molecule has 0 aliphatic rings. The van der Waals surface area contributed by atoms with E-state index in [0.717, 1.165) is 19.3 Å². The van der Waals surface area contributed by atoms with Gasteiger partial charge in [0.25, 0.3) is 0 Å². The van der Waals surface area contributed by atoms with E-state index in [1.165, 1.54) is 0 Å². The smallest absolute Gasteiger partial charge is 0.211 e. The molecule has 5 heteroatoms. The summed E-state index contributed by atoms with van der Waals surface area (Å²) in [5, 5.41) is 0. The number of unbranched alkanes of at least 4 members (excludes halogenated alkanes) is 1. The summed E-state index contributed by atoms with van der Waals surface area (Å²) in [6.45, 7) is 4.49. The molecule has 0 aromatic heterocycles. The van der Waals surface area contributed by atoms with Crippen LogP contribution in [0.2, 0.25) is 0 Å². The van der Waals surface area contributed by atoms with Crippen LogP contribution in [0.5, 0.6) is 0 Å². The van der Waals surface area contributed by atoms with Crippen LogP contribution in [0, 0.1) is 0 Å². The lowest BCUT2D eigenvalue weighted by Gasteiger charge is -2.12. The van der Waals surface area contributed by atoms with Gasteiger partial charge in [-0.3, -0.25) is 0 Å². The topological polar surface area (TPSA) is 72.2 Å². The first-order chi connectivity index (χ1) is 6.52. The predicted molar refractivity (Wildman–Crippen MR) is 59.6 cm³/mol. The molecule has 0 bridgehead atoms. The Labute approximate surface area is 87.3 Å². The fraction of sp³-hybridized carbons (Fsp3) is 1.00. The van der Waals surface area contributed by atoms with Crippen LogP contribution in [0.15, 0.2) is 0 Å². The maximum absolute atomic E-state index is 11.4. The van der Waals surface area contributed by atoms with Crippen LogP contribution in [-0.2, 0) is 10.0 Å². The summed E-state index contributed by atoms with van der Waals surface area (Å²) in [6, 6.07) is 0.0443. The second-order valence-corrected chi connectivity index (χ2v) is 5.50. The average molecular weight is 222 g/mol. The van der Waals surface area contributed by atoms with Crippen molar-refractivity contribution in [1.82, 2.24) is 4.72 Å². The molecule has 0 aromatic carbocycles. The normalized spacial score (nSPS) is 14.2. The Morgan fingerprint density at radius 2 is 2.00 bits per heavy atom. The largest absolute Gasteiger partial charge is 0.330 e. The number of nitrogens with two attached hydrogens (primary N) is 1. The Morgan fingerprint density at radius 3 is 2.50 bits per heavy atom. The molecule has 0 aromatic rings. The van der Waals surface area contributed by atoms with Crippen molar-refractivity contribution in [2.45, 2.75) is 45.6 Å². The third kappa shape index (κ3) is 7.29. The highest BCUT2D eigenvalue weighted by Crippen LogP contribution is 2.00. The second kappa shape index (κ2) is 7.20. The molecule has 0 amide bonds. The number of sulfonamides is 1. The molecule has 0 rings (SSSR count). The van der Waals surface area contributed by atoms with Gasteiger partial charge in [0.15, 0.2) is 0 Å². The highest BCUT2D eigenvalue weighted by molar-refractivity contribution is 7.89. The fourth-order valence-corrected chi connectivity index (χ4v) is 2.73. The Bertz CT molecular complexity index is 227. The summed E-state index contributed by atoms with van der Waals surface area (Å²) in [6.07, 6.45) is 3.29. The van der Waals surface area contributed by atoms with E-state index >= 15 is 0 Å². The molecule has 1 atom stereocenters. The number of hydrogen-bond donors (Lipinski definition) is 2. The van der Waals surface area contributed by atoms with Gasteiger partial charge < -0.3 is 5.73 Å². The third-order valence-electron chi connectivity index (χ3n) is 1.97. The first-order valence-corrected chi connectivity index (χ1v) is 6.87. The summed E-state index contributed by atoms with van der Waals surface area (Å²) in [7, 11) is -3.08. The van der Waals surface area contributed by atoms with E-state index in [4.69, 9.17) is 5.73 Å². The highest BCUT2D eigenvalue weighted by atomic mass is 32.2. The predicted octanol–water partition coefficient (Wildman–Crippen LogP) is 0.833. The van der Waals surface area contributed by atoms with Crippen molar-refractivity contribution in [2.24, 2.45) is 5.73 Å². The van der Waals surface area contributed by atoms with E-state index in [0.29, 0.717) is 13.0 Å². The maximum atomic E-state index is 11.4. The Balaban J connectivity index is 3.82. The minimum Gasteiger partial charge on any atom is -0.330 e. The molecule has 1 unspecified atom stereocenters. The van der Waals surface area contributed by atoms with Crippen molar-refractivity contribution in [1.29, 1.82) is 0 Å². The molecule has 86 valence electrons. The van der Waals surface area contributed by atoms with Gasteiger partial charge in [0.2, 0.25) is 10.0 Å². The van der Waals surface area contributed by atoms with Gasteiger partial charge in [-0.1, -0.05) is 13.3 Å². The van der Waals surface area contributed by atoms with Crippen LogP contribution < -0.4 is 10.5 Å². The van der Waals surface area contributed by atoms with E-state index < -0.39 is 10.0 Å². The van der Waals surface area contributed by atoms with Gasteiger partial charge in [-0.15, -0.1) is 0 Å². The average Bonchev–Trinajstić information content (AvgIpc) is 2.03. The van der Waals surface area contributed by atoms with E-state index in [1.807, 2.05) is 13.8 Å². The van der Waals surface area contributed by atoms with Crippen molar-refractivity contribution >= 4 is 10.0 Å². The van der Waals surface area contributed by atoms with Crippen LogP contribution >= 0.6 is 0 Å². The molecule has 4 nitrogen and oxygen atoms in total. The Morgan fingerprint density at radius 1 is 1.36 bits per heavy atom. The summed E-state index contributed by atoms with van der Waals surface area (Å²) in [5.41, 5.74) is 5.29. The second-order valence-electron chi connectivity index (χ2n) is 3.62. The molecular formula is C9H22N2O2S. The van der Waals surface area contributed by atoms with E-state index in [1.54, 1.807) is 0 Å². The monoisotopic (exact) mass is 222 g/mol. The Kier molecular flexibility index (Phi) is 7.13. The molecule has 3 N–H and O–H groups in total. The molecule has 0 radical (unpaired) electrons. The van der Waals surface area contributed by atoms with Crippen molar-refractivity contribution in [3.63, 3.8) is 0 Å². The molecule has 0 aliphatic heterocycles. The summed E-state index contributed by atoms with van der Waals surface area (Å²) >= 11 is 0.